The number of rotatable bonds is 4. The number of nitrogens with zero attached hydrogens (tertiary/aromatic N) is 1. The van der Waals surface area contributed by atoms with Crippen molar-refractivity contribution in [2.75, 3.05) is 18.4 Å². The van der Waals surface area contributed by atoms with Gasteiger partial charge in [0.1, 0.15) is 0 Å². The summed E-state index contributed by atoms with van der Waals surface area (Å²) in [6, 6.07) is 7.45. The molecule has 0 aromatic heterocycles. The minimum atomic E-state index is 0.659. The fraction of sp³-hybridized carbons (Fsp3) is 0.364. The largest absolute Gasteiger partial charge is 0.332 e. The van der Waals surface area contributed by atoms with Gasteiger partial charge in [0, 0.05) is 23.8 Å². The zero-order valence-corrected chi connectivity index (χ0v) is 11.0. The van der Waals surface area contributed by atoms with E-state index in [1.807, 2.05) is 43.1 Å². The minimum absolute atomic E-state index is 0.659. The molecule has 0 spiro atoms. The Morgan fingerprint density at radius 2 is 1.94 bits per heavy atom. The molecule has 0 amide bonds. The summed E-state index contributed by atoms with van der Waals surface area (Å²) in [5.41, 5.74) is 4.10. The van der Waals surface area contributed by atoms with E-state index in [0.717, 1.165) is 23.8 Å². The summed E-state index contributed by atoms with van der Waals surface area (Å²) in [4.78, 5) is 0. The number of thiocarbonyl (C=S) groups is 1. The van der Waals surface area contributed by atoms with Crippen molar-refractivity contribution >= 4 is 34.6 Å². The van der Waals surface area contributed by atoms with Crippen molar-refractivity contribution in [2.45, 2.75) is 13.8 Å². The number of nitrogens with one attached hydrogen (secondary N) is 2. The van der Waals surface area contributed by atoms with E-state index in [1.165, 1.54) is 0 Å². The number of hydrogen-bond donors (Lipinski definition) is 2. The summed E-state index contributed by atoms with van der Waals surface area (Å²) in [7, 11) is 0. The quantitative estimate of drug-likeness (QED) is 0.641. The molecule has 0 atom stereocenters. The molecule has 0 aliphatic rings. The molecule has 16 heavy (non-hydrogen) atoms. The lowest BCUT2D eigenvalue weighted by molar-refractivity contribution is 0.336. The number of hydrogen-bond acceptors (Lipinski definition) is 2. The van der Waals surface area contributed by atoms with E-state index < -0.39 is 0 Å². The lowest BCUT2D eigenvalue weighted by Gasteiger charge is -2.24. The number of benzene rings is 1. The molecule has 0 aliphatic carbocycles. The predicted octanol–water partition coefficient (Wildman–Crippen LogP) is 2.88. The summed E-state index contributed by atoms with van der Waals surface area (Å²) in [5.74, 6) is 0. The highest BCUT2D eigenvalue weighted by Crippen LogP contribution is 2.13. The summed E-state index contributed by atoms with van der Waals surface area (Å²) < 4.78 is 0. The molecule has 3 nitrogen and oxygen atoms in total. The van der Waals surface area contributed by atoms with E-state index >= 15 is 0 Å². The maximum atomic E-state index is 5.80. The molecule has 0 heterocycles. The Kier molecular flexibility index (Phi) is 5.52. The molecular weight excluding hydrogens is 242 g/mol. The van der Waals surface area contributed by atoms with Crippen LogP contribution < -0.4 is 10.7 Å². The minimum Gasteiger partial charge on any atom is -0.332 e. The number of hydrazine groups is 1. The first-order valence-corrected chi connectivity index (χ1v) is 6.03. The Hall–Kier alpha value is -0.840. The zero-order valence-electron chi connectivity index (χ0n) is 9.46. The van der Waals surface area contributed by atoms with E-state index in [0.29, 0.717) is 5.11 Å². The van der Waals surface area contributed by atoms with Gasteiger partial charge in [-0.05, 0) is 43.4 Å². The van der Waals surface area contributed by atoms with Crippen LogP contribution in [-0.4, -0.2) is 23.2 Å². The maximum Gasteiger partial charge on any atom is 0.187 e. The first-order valence-electron chi connectivity index (χ1n) is 5.25. The van der Waals surface area contributed by atoms with Crippen LogP contribution in [0.4, 0.5) is 5.69 Å². The molecule has 1 rings (SSSR count). The van der Waals surface area contributed by atoms with Crippen LogP contribution in [-0.2, 0) is 0 Å². The maximum absolute atomic E-state index is 5.80. The third-order valence-corrected chi connectivity index (χ3v) is 2.58. The fourth-order valence-electron chi connectivity index (χ4n) is 1.24. The molecule has 88 valence electrons. The van der Waals surface area contributed by atoms with Gasteiger partial charge in [0.2, 0.25) is 0 Å². The molecule has 1 aromatic rings. The third kappa shape index (κ3) is 3.96. The third-order valence-electron chi connectivity index (χ3n) is 2.01. The van der Waals surface area contributed by atoms with Crippen LogP contribution >= 0.6 is 23.8 Å². The molecule has 0 unspecified atom stereocenters. The normalized spacial score (nSPS) is 9.94. The second-order valence-electron chi connectivity index (χ2n) is 3.19. The first kappa shape index (κ1) is 13.2. The summed E-state index contributed by atoms with van der Waals surface area (Å²) >= 11 is 11.1. The molecule has 0 saturated heterocycles. The predicted molar refractivity (Wildman–Crippen MR) is 73.7 cm³/mol. The lowest BCUT2D eigenvalue weighted by Crippen LogP contribution is -2.44. The Labute approximate surface area is 107 Å². The smallest absolute Gasteiger partial charge is 0.187 e. The average Bonchev–Trinajstić information content (AvgIpc) is 2.29. The molecule has 0 fully saturated rings. The van der Waals surface area contributed by atoms with Gasteiger partial charge in [-0.25, -0.2) is 5.43 Å². The highest BCUT2D eigenvalue weighted by molar-refractivity contribution is 7.80. The topological polar surface area (TPSA) is 27.3 Å². The van der Waals surface area contributed by atoms with Crippen LogP contribution in [0.5, 0.6) is 0 Å². The Morgan fingerprint density at radius 1 is 1.31 bits per heavy atom. The second-order valence-corrected chi connectivity index (χ2v) is 4.02. The Morgan fingerprint density at radius 3 is 2.44 bits per heavy atom. The van der Waals surface area contributed by atoms with Crippen LogP contribution in [0.1, 0.15) is 13.8 Å². The van der Waals surface area contributed by atoms with Gasteiger partial charge in [-0.3, -0.25) is 5.01 Å². The van der Waals surface area contributed by atoms with E-state index in [9.17, 15) is 0 Å². The van der Waals surface area contributed by atoms with Crippen molar-refractivity contribution in [3.05, 3.63) is 29.3 Å². The van der Waals surface area contributed by atoms with Crippen molar-refractivity contribution in [2.24, 2.45) is 0 Å². The Balaban J connectivity index is 2.59. The van der Waals surface area contributed by atoms with E-state index in [4.69, 9.17) is 23.8 Å². The van der Waals surface area contributed by atoms with Gasteiger partial charge in [-0.15, -0.1) is 0 Å². The van der Waals surface area contributed by atoms with Crippen molar-refractivity contribution in [1.29, 1.82) is 0 Å². The van der Waals surface area contributed by atoms with Crippen LogP contribution in [0.25, 0.3) is 0 Å². The molecular formula is C11H16ClN3S. The Bertz CT molecular complexity index is 340. The second kappa shape index (κ2) is 6.68. The fourth-order valence-corrected chi connectivity index (χ4v) is 1.68. The van der Waals surface area contributed by atoms with Crippen molar-refractivity contribution in [3.63, 3.8) is 0 Å². The molecule has 1 aromatic carbocycles. The van der Waals surface area contributed by atoms with Crippen LogP contribution in [0.2, 0.25) is 5.02 Å². The zero-order chi connectivity index (χ0) is 12.0. The standard InChI is InChI=1S/C11H16ClN3S/c1-3-13-15(4-2)11(16)14-10-7-5-9(12)6-8-10/h5-8,13H,3-4H2,1-2H3,(H,14,16). The summed E-state index contributed by atoms with van der Waals surface area (Å²) in [6.07, 6.45) is 0. The number of anilines is 1. The lowest BCUT2D eigenvalue weighted by atomic mass is 10.3. The van der Waals surface area contributed by atoms with Crippen LogP contribution in [0.15, 0.2) is 24.3 Å². The molecule has 0 bridgehead atoms. The number of halogens is 1. The van der Waals surface area contributed by atoms with Gasteiger partial charge in [0.05, 0.1) is 0 Å². The average molecular weight is 258 g/mol. The van der Waals surface area contributed by atoms with E-state index in [1.54, 1.807) is 0 Å². The van der Waals surface area contributed by atoms with Crippen molar-refractivity contribution in [3.8, 4) is 0 Å². The molecule has 0 saturated carbocycles. The highest BCUT2D eigenvalue weighted by atomic mass is 35.5. The first-order chi connectivity index (χ1) is 7.67. The van der Waals surface area contributed by atoms with Gasteiger partial charge in [0.15, 0.2) is 5.11 Å². The van der Waals surface area contributed by atoms with E-state index in [-0.39, 0.29) is 0 Å². The van der Waals surface area contributed by atoms with Gasteiger partial charge in [0.25, 0.3) is 0 Å². The molecule has 2 N–H and O–H groups in total. The van der Waals surface area contributed by atoms with Crippen molar-refractivity contribution < 1.29 is 0 Å². The van der Waals surface area contributed by atoms with Crippen LogP contribution in [0.3, 0.4) is 0 Å². The monoisotopic (exact) mass is 257 g/mol. The highest BCUT2D eigenvalue weighted by Gasteiger charge is 2.05. The van der Waals surface area contributed by atoms with E-state index in [2.05, 4.69) is 10.7 Å². The summed E-state index contributed by atoms with van der Waals surface area (Å²) in [6.45, 7) is 5.73. The SMILES string of the molecule is CCNN(CC)C(=S)Nc1ccc(Cl)cc1. The van der Waals surface area contributed by atoms with Gasteiger partial charge < -0.3 is 5.32 Å². The van der Waals surface area contributed by atoms with Gasteiger partial charge >= 0.3 is 0 Å². The molecule has 0 radical (unpaired) electrons. The van der Waals surface area contributed by atoms with Gasteiger partial charge in [-0.1, -0.05) is 18.5 Å². The molecule has 0 aliphatic heterocycles. The van der Waals surface area contributed by atoms with Gasteiger partial charge in [-0.2, -0.15) is 0 Å². The summed E-state index contributed by atoms with van der Waals surface area (Å²) in [5, 5.41) is 6.41. The van der Waals surface area contributed by atoms with Crippen LogP contribution in [0, 0.1) is 0 Å². The molecule has 5 heteroatoms. The van der Waals surface area contributed by atoms with Crippen molar-refractivity contribution in [1.82, 2.24) is 10.4 Å².